The third-order valence-corrected chi connectivity index (χ3v) is 3.60. The molecular weight excluding hydrogens is 327 g/mol. The number of non-ortho nitro benzene ring substituents is 1. The zero-order valence-corrected chi connectivity index (χ0v) is 12.2. The number of nitro groups is 1. The molecule has 2 rings (SSSR count). The van der Waals surface area contributed by atoms with Crippen LogP contribution in [0.3, 0.4) is 0 Å². The number of rotatable bonds is 4. The van der Waals surface area contributed by atoms with Crippen LogP contribution < -0.4 is 5.32 Å². The lowest BCUT2D eigenvalue weighted by atomic mass is 10.1. The third-order valence-electron chi connectivity index (χ3n) is 2.90. The minimum Gasteiger partial charge on any atom is -0.377 e. The molecule has 0 aromatic heterocycles. The van der Waals surface area contributed by atoms with Gasteiger partial charge >= 0.3 is 0 Å². The molecule has 0 radical (unpaired) electrons. The molecule has 104 valence electrons. The first-order valence-electron chi connectivity index (χ1n) is 5.94. The highest BCUT2D eigenvalue weighted by molar-refractivity contribution is 9.10. The van der Waals surface area contributed by atoms with Crippen LogP contribution >= 0.6 is 15.9 Å². The normalized spacial score (nSPS) is 11.9. The SMILES string of the molecule is CC(Nc1cc([N+](=O)[O-])ccc1Br)c1ccccc1F. The van der Waals surface area contributed by atoms with E-state index in [1.807, 2.05) is 0 Å². The van der Waals surface area contributed by atoms with Crippen LogP contribution in [-0.4, -0.2) is 4.92 Å². The fraction of sp³-hybridized carbons (Fsp3) is 0.143. The van der Waals surface area contributed by atoms with Crippen molar-refractivity contribution in [2.75, 3.05) is 5.32 Å². The van der Waals surface area contributed by atoms with Crippen molar-refractivity contribution in [1.29, 1.82) is 0 Å². The zero-order valence-electron chi connectivity index (χ0n) is 10.6. The van der Waals surface area contributed by atoms with Crippen molar-refractivity contribution in [3.05, 3.63) is 68.4 Å². The second-order valence-electron chi connectivity index (χ2n) is 4.31. The number of hydrogen-bond donors (Lipinski definition) is 1. The maximum absolute atomic E-state index is 13.7. The Balaban J connectivity index is 2.28. The Labute approximate surface area is 123 Å². The van der Waals surface area contributed by atoms with Crippen LogP contribution in [0.2, 0.25) is 0 Å². The summed E-state index contributed by atoms with van der Waals surface area (Å²) in [4.78, 5) is 10.3. The van der Waals surface area contributed by atoms with E-state index < -0.39 is 4.92 Å². The number of benzene rings is 2. The summed E-state index contributed by atoms with van der Waals surface area (Å²) in [5.74, 6) is -0.311. The molecule has 0 fully saturated rings. The van der Waals surface area contributed by atoms with Gasteiger partial charge in [-0.1, -0.05) is 18.2 Å². The first-order chi connectivity index (χ1) is 9.49. The van der Waals surface area contributed by atoms with E-state index in [1.165, 1.54) is 18.2 Å². The molecule has 1 unspecified atom stereocenters. The highest BCUT2D eigenvalue weighted by Crippen LogP contribution is 2.30. The molecule has 0 heterocycles. The van der Waals surface area contributed by atoms with E-state index in [9.17, 15) is 14.5 Å². The molecular formula is C14H12BrFN2O2. The number of nitrogens with one attached hydrogen (secondary N) is 1. The molecule has 4 nitrogen and oxygen atoms in total. The van der Waals surface area contributed by atoms with Gasteiger partial charge in [0.15, 0.2) is 0 Å². The van der Waals surface area contributed by atoms with Crippen LogP contribution in [0.5, 0.6) is 0 Å². The summed E-state index contributed by atoms with van der Waals surface area (Å²) in [6, 6.07) is 10.5. The van der Waals surface area contributed by atoms with E-state index in [0.29, 0.717) is 15.7 Å². The van der Waals surface area contributed by atoms with Crippen molar-refractivity contribution in [1.82, 2.24) is 0 Å². The summed E-state index contributed by atoms with van der Waals surface area (Å²) in [5.41, 5.74) is 1.04. The standard InChI is InChI=1S/C14H12BrFN2O2/c1-9(11-4-2-3-5-13(11)16)17-14-8-10(18(19)20)6-7-12(14)15/h2-9,17H,1H3. The minimum atomic E-state index is -0.467. The lowest BCUT2D eigenvalue weighted by Crippen LogP contribution is -2.09. The maximum atomic E-state index is 13.7. The molecule has 2 aromatic rings. The predicted octanol–water partition coefficient (Wildman–Crippen LogP) is 4.67. The van der Waals surface area contributed by atoms with E-state index in [1.54, 1.807) is 31.2 Å². The first kappa shape index (κ1) is 14.5. The Morgan fingerprint density at radius 2 is 2.00 bits per heavy atom. The highest BCUT2D eigenvalue weighted by atomic mass is 79.9. The summed E-state index contributed by atoms with van der Waals surface area (Å²) < 4.78 is 14.4. The molecule has 6 heteroatoms. The minimum absolute atomic E-state index is 0.0172. The van der Waals surface area contributed by atoms with E-state index in [2.05, 4.69) is 21.2 Å². The van der Waals surface area contributed by atoms with Gasteiger partial charge in [-0.2, -0.15) is 0 Å². The van der Waals surface area contributed by atoms with Crippen LogP contribution in [0.15, 0.2) is 46.9 Å². The Morgan fingerprint density at radius 1 is 1.30 bits per heavy atom. The maximum Gasteiger partial charge on any atom is 0.271 e. The lowest BCUT2D eigenvalue weighted by molar-refractivity contribution is -0.384. The Kier molecular flexibility index (Phi) is 4.34. The fourth-order valence-electron chi connectivity index (χ4n) is 1.87. The molecule has 0 saturated heterocycles. The number of hydrogen-bond acceptors (Lipinski definition) is 3. The van der Waals surface area contributed by atoms with Gasteiger partial charge in [0.25, 0.3) is 5.69 Å². The van der Waals surface area contributed by atoms with Crippen LogP contribution in [0, 0.1) is 15.9 Å². The molecule has 0 aliphatic rings. The first-order valence-corrected chi connectivity index (χ1v) is 6.73. The molecule has 0 spiro atoms. The number of anilines is 1. The zero-order chi connectivity index (χ0) is 14.7. The molecule has 0 bridgehead atoms. The average molecular weight is 339 g/mol. The van der Waals surface area contributed by atoms with E-state index in [0.717, 1.165) is 0 Å². The second-order valence-corrected chi connectivity index (χ2v) is 5.16. The molecule has 0 aliphatic heterocycles. The molecule has 2 aromatic carbocycles. The second kappa shape index (κ2) is 6.00. The molecule has 0 saturated carbocycles. The van der Waals surface area contributed by atoms with Crippen molar-refractivity contribution in [2.45, 2.75) is 13.0 Å². The van der Waals surface area contributed by atoms with Crippen LogP contribution in [0.1, 0.15) is 18.5 Å². The van der Waals surface area contributed by atoms with Crippen molar-refractivity contribution in [3.8, 4) is 0 Å². The fourth-order valence-corrected chi connectivity index (χ4v) is 2.24. The van der Waals surface area contributed by atoms with Crippen LogP contribution in [0.25, 0.3) is 0 Å². The van der Waals surface area contributed by atoms with E-state index >= 15 is 0 Å². The Hall–Kier alpha value is -1.95. The highest BCUT2D eigenvalue weighted by Gasteiger charge is 2.14. The Morgan fingerprint density at radius 3 is 2.65 bits per heavy atom. The van der Waals surface area contributed by atoms with Crippen molar-refractivity contribution >= 4 is 27.3 Å². The topological polar surface area (TPSA) is 55.2 Å². The molecule has 0 amide bonds. The van der Waals surface area contributed by atoms with Gasteiger partial charge in [-0.15, -0.1) is 0 Å². The number of nitro benzene ring substituents is 1. The van der Waals surface area contributed by atoms with Crippen molar-refractivity contribution < 1.29 is 9.31 Å². The van der Waals surface area contributed by atoms with Gasteiger partial charge < -0.3 is 5.32 Å². The van der Waals surface area contributed by atoms with Gasteiger partial charge in [-0.05, 0) is 35.0 Å². The van der Waals surface area contributed by atoms with Gasteiger partial charge in [0, 0.05) is 22.2 Å². The van der Waals surface area contributed by atoms with E-state index in [-0.39, 0.29) is 17.5 Å². The summed E-state index contributed by atoms with van der Waals surface area (Å²) in [6.45, 7) is 1.80. The number of halogens is 2. The van der Waals surface area contributed by atoms with Crippen molar-refractivity contribution in [3.63, 3.8) is 0 Å². The van der Waals surface area contributed by atoms with Crippen molar-refractivity contribution in [2.24, 2.45) is 0 Å². The van der Waals surface area contributed by atoms with Gasteiger partial charge in [0.05, 0.1) is 16.7 Å². The van der Waals surface area contributed by atoms with Gasteiger partial charge in [-0.3, -0.25) is 10.1 Å². The summed E-state index contributed by atoms with van der Waals surface area (Å²) >= 11 is 3.32. The molecule has 20 heavy (non-hydrogen) atoms. The largest absolute Gasteiger partial charge is 0.377 e. The van der Waals surface area contributed by atoms with Crippen LogP contribution in [0.4, 0.5) is 15.8 Å². The molecule has 1 atom stereocenters. The van der Waals surface area contributed by atoms with Gasteiger partial charge in [0.2, 0.25) is 0 Å². The molecule has 1 N–H and O–H groups in total. The Bertz CT molecular complexity index is 649. The average Bonchev–Trinajstić information content (AvgIpc) is 2.41. The lowest BCUT2D eigenvalue weighted by Gasteiger charge is -2.17. The summed E-state index contributed by atoms with van der Waals surface area (Å²) in [7, 11) is 0. The quantitative estimate of drug-likeness (QED) is 0.651. The third kappa shape index (κ3) is 3.14. The van der Waals surface area contributed by atoms with Crippen LogP contribution in [-0.2, 0) is 0 Å². The summed E-state index contributed by atoms with van der Waals surface area (Å²) in [5, 5.41) is 13.8. The monoisotopic (exact) mass is 338 g/mol. The predicted molar refractivity (Wildman–Crippen MR) is 79.2 cm³/mol. The van der Waals surface area contributed by atoms with E-state index in [4.69, 9.17) is 0 Å². The summed E-state index contributed by atoms with van der Waals surface area (Å²) in [6.07, 6.45) is 0. The molecule has 0 aliphatic carbocycles. The van der Waals surface area contributed by atoms with Gasteiger partial charge in [-0.25, -0.2) is 4.39 Å². The smallest absolute Gasteiger partial charge is 0.271 e. The number of nitrogens with zero attached hydrogens (tertiary/aromatic N) is 1. The van der Waals surface area contributed by atoms with Gasteiger partial charge in [0.1, 0.15) is 5.82 Å².